The van der Waals surface area contributed by atoms with Gasteiger partial charge in [0.1, 0.15) is 5.82 Å². The number of rotatable bonds is 3. The van der Waals surface area contributed by atoms with Gasteiger partial charge in [0, 0.05) is 56.7 Å². The van der Waals surface area contributed by atoms with Crippen LogP contribution in [-0.4, -0.2) is 9.55 Å². The molecule has 10 aromatic rings. The summed E-state index contributed by atoms with van der Waals surface area (Å²) in [6.45, 7) is 0. The highest BCUT2D eigenvalue weighted by Crippen LogP contribution is 2.44. The highest BCUT2D eigenvalue weighted by molar-refractivity contribution is 7.27. The second-order valence-electron chi connectivity index (χ2n) is 11.5. The van der Waals surface area contributed by atoms with Crippen LogP contribution in [0.5, 0.6) is 0 Å². The van der Waals surface area contributed by atoms with E-state index in [0.29, 0.717) is 0 Å². The molecule has 0 aliphatic heterocycles. The third kappa shape index (κ3) is 3.70. The fourth-order valence-corrected chi connectivity index (χ4v) is 9.48. The molecule has 4 heterocycles. The van der Waals surface area contributed by atoms with Gasteiger partial charge in [0.05, 0.1) is 16.7 Å². The summed E-state index contributed by atoms with van der Waals surface area (Å²) in [5.74, 6) is 0.927. The van der Waals surface area contributed by atoms with E-state index in [1.54, 1.807) is 0 Å². The molecule has 0 saturated heterocycles. The first kappa shape index (κ1) is 25.1. The Hall–Kier alpha value is -5.29. The third-order valence-corrected chi connectivity index (χ3v) is 11.4. The molecule has 4 heteroatoms. The molecule has 0 fully saturated rings. The van der Waals surface area contributed by atoms with Crippen LogP contribution in [0.25, 0.3) is 90.4 Å². The normalized spacial score (nSPS) is 12.0. The molecule has 4 aromatic heterocycles. The lowest BCUT2D eigenvalue weighted by Crippen LogP contribution is -2.00. The van der Waals surface area contributed by atoms with Crippen LogP contribution in [0, 0.1) is 0 Å². The summed E-state index contributed by atoms with van der Waals surface area (Å²) in [5, 5.41) is 7.77. The molecule has 0 N–H and O–H groups in total. The van der Waals surface area contributed by atoms with Crippen molar-refractivity contribution in [3.63, 3.8) is 0 Å². The average Bonchev–Trinajstić information content (AvgIpc) is 3.78. The van der Waals surface area contributed by atoms with Crippen molar-refractivity contribution in [3.05, 3.63) is 146 Å². The van der Waals surface area contributed by atoms with Gasteiger partial charge in [0.25, 0.3) is 0 Å². The molecule has 2 nitrogen and oxygen atoms in total. The minimum Gasteiger partial charge on any atom is -0.294 e. The van der Waals surface area contributed by atoms with Gasteiger partial charge >= 0.3 is 0 Å². The first-order valence-electron chi connectivity index (χ1n) is 15.1. The van der Waals surface area contributed by atoms with E-state index in [2.05, 4.69) is 150 Å². The first-order chi connectivity index (χ1) is 22.3. The summed E-state index contributed by atoms with van der Waals surface area (Å²) in [6, 6.07) is 52.7. The van der Waals surface area contributed by atoms with E-state index in [1.807, 2.05) is 22.7 Å². The number of aromatic nitrogens is 2. The highest BCUT2D eigenvalue weighted by Gasteiger charge is 2.20. The lowest BCUT2D eigenvalue weighted by atomic mass is 10.0. The zero-order valence-corrected chi connectivity index (χ0v) is 25.7. The van der Waals surface area contributed by atoms with Crippen LogP contribution in [0.2, 0.25) is 0 Å². The number of nitrogens with zero attached hydrogens (tertiary/aromatic N) is 2. The molecule has 0 unspecified atom stereocenters. The van der Waals surface area contributed by atoms with Gasteiger partial charge < -0.3 is 0 Å². The summed E-state index contributed by atoms with van der Waals surface area (Å²) in [4.78, 5) is 5.49. The SMILES string of the molecule is c1ccc(-c2cc(-c3cccc4c3sc3ccccc34)nc(-n3c4ccccc4c4c5sc6ccccc6c5ccc43)c2)cc1. The van der Waals surface area contributed by atoms with Gasteiger partial charge in [0.2, 0.25) is 0 Å². The van der Waals surface area contributed by atoms with Gasteiger partial charge in [-0.25, -0.2) is 4.98 Å². The first-order valence-corrected chi connectivity index (χ1v) is 16.8. The van der Waals surface area contributed by atoms with Crippen LogP contribution in [0.15, 0.2) is 146 Å². The molecule has 0 aliphatic rings. The fraction of sp³-hybridized carbons (Fsp3) is 0. The predicted molar refractivity (Wildman–Crippen MR) is 195 cm³/mol. The molecular formula is C41H24N2S2. The van der Waals surface area contributed by atoms with Gasteiger partial charge in [-0.15, -0.1) is 22.7 Å². The van der Waals surface area contributed by atoms with Crippen molar-refractivity contribution >= 4 is 84.8 Å². The molecule has 0 aliphatic carbocycles. The monoisotopic (exact) mass is 608 g/mol. The quantitative estimate of drug-likeness (QED) is 0.195. The molecule has 0 radical (unpaired) electrons. The molecule has 210 valence electrons. The fourth-order valence-electron chi connectivity index (χ4n) is 7.00. The van der Waals surface area contributed by atoms with Crippen molar-refractivity contribution in [1.82, 2.24) is 9.55 Å². The minimum atomic E-state index is 0.927. The topological polar surface area (TPSA) is 17.8 Å². The summed E-state index contributed by atoms with van der Waals surface area (Å²) < 4.78 is 7.60. The van der Waals surface area contributed by atoms with Gasteiger partial charge in [-0.05, 0) is 47.5 Å². The Kier molecular flexibility index (Phi) is 5.35. The summed E-state index contributed by atoms with van der Waals surface area (Å²) in [7, 11) is 0. The van der Waals surface area contributed by atoms with Crippen molar-refractivity contribution in [2.24, 2.45) is 0 Å². The maximum absolute atomic E-state index is 5.49. The molecule has 0 saturated carbocycles. The van der Waals surface area contributed by atoms with Crippen molar-refractivity contribution in [2.45, 2.75) is 0 Å². The third-order valence-electron chi connectivity index (χ3n) is 9.01. The molecule has 45 heavy (non-hydrogen) atoms. The number of benzene rings is 6. The van der Waals surface area contributed by atoms with Gasteiger partial charge in [-0.2, -0.15) is 0 Å². The zero-order valence-electron chi connectivity index (χ0n) is 24.1. The molecule has 0 bridgehead atoms. The lowest BCUT2D eigenvalue weighted by Gasteiger charge is -2.13. The van der Waals surface area contributed by atoms with Crippen LogP contribution in [-0.2, 0) is 0 Å². The number of hydrogen-bond donors (Lipinski definition) is 0. The Morgan fingerprint density at radius 1 is 0.444 bits per heavy atom. The number of fused-ring (bicyclic) bond motifs is 10. The lowest BCUT2D eigenvalue weighted by molar-refractivity contribution is 1.09. The predicted octanol–water partition coefficient (Wildman–Crippen LogP) is 12.2. The number of para-hydroxylation sites is 1. The van der Waals surface area contributed by atoms with Crippen LogP contribution < -0.4 is 0 Å². The summed E-state index contributed by atoms with van der Waals surface area (Å²) in [6.07, 6.45) is 0. The van der Waals surface area contributed by atoms with Gasteiger partial charge in [-0.1, -0.05) is 109 Å². The second-order valence-corrected chi connectivity index (χ2v) is 13.6. The zero-order chi connectivity index (χ0) is 29.5. The highest BCUT2D eigenvalue weighted by atomic mass is 32.1. The van der Waals surface area contributed by atoms with Gasteiger partial charge in [-0.3, -0.25) is 4.57 Å². The Morgan fingerprint density at radius 3 is 1.89 bits per heavy atom. The van der Waals surface area contributed by atoms with E-state index in [1.165, 1.54) is 73.3 Å². The number of pyridine rings is 1. The molecule has 10 rings (SSSR count). The standard InChI is InChI=1S/C41H24N2S2/c1-2-11-25(12-3-1)26-23-33(31-17-10-16-29-27-13-5-8-19-36(27)44-40(29)31)42-38(24-26)43-34-18-7-4-15-32(34)39-35(43)22-21-30-28-14-6-9-20-37(28)45-41(30)39/h1-24H. The van der Waals surface area contributed by atoms with E-state index in [0.717, 1.165) is 17.1 Å². The average molecular weight is 609 g/mol. The van der Waals surface area contributed by atoms with Crippen molar-refractivity contribution < 1.29 is 0 Å². The molecule has 0 atom stereocenters. The largest absolute Gasteiger partial charge is 0.294 e. The molecule has 0 amide bonds. The smallest absolute Gasteiger partial charge is 0.138 e. The van der Waals surface area contributed by atoms with E-state index in [-0.39, 0.29) is 0 Å². The van der Waals surface area contributed by atoms with E-state index in [9.17, 15) is 0 Å². The van der Waals surface area contributed by atoms with Crippen LogP contribution in [0.3, 0.4) is 0 Å². The van der Waals surface area contributed by atoms with Crippen molar-refractivity contribution in [1.29, 1.82) is 0 Å². The van der Waals surface area contributed by atoms with Crippen LogP contribution >= 0.6 is 22.7 Å². The Labute approximate surface area is 267 Å². The molecule has 0 spiro atoms. The van der Waals surface area contributed by atoms with Gasteiger partial charge in [0.15, 0.2) is 0 Å². The van der Waals surface area contributed by atoms with E-state index >= 15 is 0 Å². The van der Waals surface area contributed by atoms with E-state index in [4.69, 9.17) is 4.98 Å². The Bertz CT molecular complexity index is 2760. The minimum absolute atomic E-state index is 0.927. The maximum atomic E-state index is 5.49. The second kappa shape index (κ2) is 9.60. The number of hydrogen-bond acceptors (Lipinski definition) is 3. The van der Waals surface area contributed by atoms with Crippen LogP contribution in [0.1, 0.15) is 0 Å². The molecule has 6 aromatic carbocycles. The van der Waals surface area contributed by atoms with Crippen molar-refractivity contribution in [2.75, 3.05) is 0 Å². The molecular weight excluding hydrogens is 585 g/mol. The van der Waals surface area contributed by atoms with E-state index < -0.39 is 0 Å². The Balaban J connectivity index is 1.31. The Morgan fingerprint density at radius 2 is 1.09 bits per heavy atom. The summed E-state index contributed by atoms with van der Waals surface area (Å²) in [5.41, 5.74) is 6.83. The summed E-state index contributed by atoms with van der Waals surface area (Å²) >= 11 is 3.74. The maximum Gasteiger partial charge on any atom is 0.138 e. The number of thiophene rings is 2. The van der Waals surface area contributed by atoms with Crippen molar-refractivity contribution in [3.8, 4) is 28.2 Å². The van der Waals surface area contributed by atoms with Crippen LogP contribution in [0.4, 0.5) is 0 Å².